The van der Waals surface area contributed by atoms with Gasteiger partial charge < -0.3 is 24.3 Å². The Morgan fingerprint density at radius 1 is 1.24 bits per heavy atom. The fourth-order valence-corrected chi connectivity index (χ4v) is 2.98. The van der Waals surface area contributed by atoms with Gasteiger partial charge in [-0.1, -0.05) is 0 Å². The highest BCUT2D eigenvalue weighted by atomic mass is 16.5. The molecule has 0 saturated carbocycles. The molecule has 2 aromatic rings. The van der Waals surface area contributed by atoms with Gasteiger partial charge in [-0.05, 0) is 38.2 Å². The molecule has 1 fully saturated rings. The number of benzene rings is 1. The Kier molecular flexibility index (Phi) is 5.28. The molecule has 0 radical (unpaired) electrons. The topological polar surface area (TPSA) is 58.0 Å². The smallest absolute Gasteiger partial charge is 0.254 e. The highest BCUT2D eigenvalue weighted by molar-refractivity contribution is 5.95. The van der Waals surface area contributed by atoms with E-state index in [1.165, 1.54) is 0 Å². The minimum atomic E-state index is 0.0432. The van der Waals surface area contributed by atoms with Crippen molar-refractivity contribution in [1.82, 2.24) is 9.80 Å². The van der Waals surface area contributed by atoms with Crippen molar-refractivity contribution >= 4 is 11.6 Å². The average Bonchev–Trinajstić information content (AvgIpc) is 3.16. The molecule has 0 bridgehead atoms. The standard InChI is InChI=1S/C19H25N3O3/c1-14(16-6-11-25-13-16)20-17-12-15(4-5-18(17)24-3)19(23)22-9-7-21(2)8-10-22/h4-6,11-14,20H,7-10H2,1-3H3/t14-/m0/s1. The molecule has 0 unspecified atom stereocenters. The molecule has 0 spiro atoms. The van der Waals surface area contributed by atoms with E-state index in [4.69, 9.17) is 9.15 Å². The molecule has 1 N–H and O–H groups in total. The Morgan fingerprint density at radius 3 is 2.64 bits per heavy atom. The summed E-state index contributed by atoms with van der Waals surface area (Å²) in [6, 6.07) is 7.50. The molecular formula is C19H25N3O3. The molecule has 3 rings (SSSR count). The monoisotopic (exact) mass is 343 g/mol. The Hall–Kier alpha value is -2.47. The zero-order valence-corrected chi connectivity index (χ0v) is 15.0. The summed E-state index contributed by atoms with van der Waals surface area (Å²) in [5.74, 6) is 0.778. The number of piperazine rings is 1. The van der Waals surface area contributed by atoms with Crippen LogP contribution in [-0.4, -0.2) is 56.0 Å². The maximum Gasteiger partial charge on any atom is 0.254 e. The van der Waals surface area contributed by atoms with Gasteiger partial charge in [0.1, 0.15) is 5.75 Å². The third-order valence-corrected chi connectivity index (χ3v) is 4.65. The van der Waals surface area contributed by atoms with Gasteiger partial charge in [-0.25, -0.2) is 0 Å². The summed E-state index contributed by atoms with van der Waals surface area (Å²) in [7, 11) is 3.71. The number of carbonyl (C=O) groups is 1. The molecule has 1 atom stereocenters. The largest absolute Gasteiger partial charge is 0.495 e. The number of rotatable bonds is 5. The first-order chi connectivity index (χ1) is 12.1. The quantitative estimate of drug-likeness (QED) is 0.905. The fraction of sp³-hybridized carbons (Fsp3) is 0.421. The van der Waals surface area contributed by atoms with E-state index in [0.717, 1.165) is 37.4 Å². The van der Waals surface area contributed by atoms with E-state index in [-0.39, 0.29) is 11.9 Å². The van der Waals surface area contributed by atoms with Crippen LogP contribution in [0.1, 0.15) is 28.9 Å². The zero-order valence-electron chi connectivity index (χ0n) is 15.0. The van der Waals surface area contributed by atoms with Crippen molar-refractivity contribution in [3.63, 3.8) is 0 Å². The SMILES string of the molecule is COc1ccc(C(=O)N2CCN(C)CC2)cc1N[C@@H](C)c1ccoc1. The van der Waals surface area contributed by atoms with E-state index >= 15 is 0 Å². The Bertz CT molecular complexity index is 707. The van der Waals surface area contributed by atoms with Crippen molar-refractivity contribution < 1.29 is 13.9 Å². The molecule has 1 aromatic carbocycles. The van der Waals surface area contributed by atoms with Crippen molar-refractivity contribution in [2.24, 2.45) is 0 Å². The molecule has 25 heavy (non-hydrogen) atoms. The number of nitrogens with one attached hydrogen (secondary N) is 1. The maximum atomic E-state index is 12.8. The summed E-state index contributed by atoms with van der Waals surface area (Å²) >= 11 is 0. The second-order valence-corrected chi connectivity index (χ2v) is 6.43. The first kappa shape index (κ1) is 17.4. The highest BCUT2D eigenvalue weighted by Gasteiger charge is 2.21. The lowest BCUT2D eigenvalue weighted by Crippen LogP contribution is -2.47. The summed E-state index contributed by atoms with van der Waals surface area (Å²) < 4.78 is 10.6. The van der Waals surface area contributed by atoms with Crippen molar-refractivity contribution in [3.05, 3.63) is 47.9 Å². The van der Waals surface area contributed by atoms with Crippen molar-refractivity contribution in [2.75, 3.05) is 45.7 Å². The third-order valence-electron chi connectivity index (χ3n) is 4.65. The normalized spacial score (nSPS) is 16.5. The van der Waals surface area contributed by atoms with Crippen LogP contribution >= 0.6 is 0 Å². The minimum Gasteiger partial charge on any atom is -0.495 e. The first-order valence-electron chi connectivity index (χ1n) is 8.53. The number of anilines is 1. The molecule has 1 amide bonds. The molecule has 0 aliphatic carbocycles. The minimum absolute atomic E-state index is 0.0432. The van der Waals surface area contributed by atoms with E-state index in [0.29, 0.717) is 11.3 Å². The van der Waals surface area contributed by atoms with Gasteiger partial charge in [0.2, 0.25) is 0 Å². The molecule has 1 saturated heterocycles. The Morgan fingerprint density at radius 2 is 2.00 bits per heavy atom. The zero-order chi connectivity index (χ0) is 17.8. The number of nitrogens with zero attached hydrogens (tertiary/aromatic N) is 2. The molecule has 2 heterocycles. The molecule has 1 aromatic heterocycles. The van der Waals surface area contributed by atoms with Gasteiger partial charge in [0, 0.05) is 37.3 Å². The Labute approximate surface area is 148 Å². The van der Waals surface area contributed by atoms with E-state index < -0.39 is 0 Å². The summed E-state index contributed by atoms with van der Waals surface area (Å²) in [5.41, 5.74) is 2.52. The van der Waals surface area contributed by atoms with E-state index in [1.807, 2.05) is 36.1 Å². The van der Waals surface area contributed by atoms with Gasteiger partial charge in [0.05, 0.1) is 31.4 Å². The summed E-state index contributed by atoms with van der Waals surface area (Å²) in [6.07, 6.45) is 3.36. The predicted octanol–water partition coefficient (Wildman–Crippen LogP) is 2.85. The van der Waals surface area contributed by atoms with Crippen LogP contribution in [0.25, 0.3) is 0 Å². The molecule has 6 nitrogen and oxygen atoms in total. The summed E-state index contributed by atoms with van der Waals surface area (Å²) in [4.78, 5) is 16.9. The first-order valence-corrected chi connectivity index (χ1v) is 8.53. The molecule has 1 aliphatic rings. The van der Waals surface area contributed by atoms with Crippen molar-refractivity contribution in [2.45, 2.75) is 13.0 Å². The molecule has 134 valence electrons. The molecular weight excluding hydrogens is 318 g/mol. The van der Waals surface area contributed by atoms with Crippen molar-refractivity contribution in [1.29, 1.82) is 0 Å². The van der Waals surface area contributed by atoms with Gasteiger partial charge in [-0.2, -0.15) is 0 Å². The van der Waals surface area contributed by atoms with Gasteiger partial charge in [-0.3, -0.25) is 4.79 Å². The summed E-state index contributed by atoms with van der Waals surface area (Å²) in [5, 5.41) is 3.41. The van der Waals surface area contributed by atoms with E-state index in [9.17, 15) is 4.79 Å². The van der Waals surface area contributed by atoms with Crippen LogP contribution in [0.4, 0.5) is 5.69 Å². The maximum absolute atomic E-state index is 12.8. The molecule has 1 aliphatic heterocycles. The van der Waals surface area contributed by atoms with Crippen LogP contribution in [0, 0.1) is 0 Å². The van der Waals surface area contributed by atoms with E-state index in [2.05, 4.69) is 17.3 Å². The van der Waals surface area contributed by atoms with Gasteiger partial charge in [0.25, 0.3) is 5.91 Å². The predicted molar refractivity (Wildman–Crippen MR) is 97.1 cm³/mol. The number of amides is 1. The lowest BCUT2D eigenvalue weighted by Gasteiger charge is -2.32. The number of methoxy groups -OCH3 is 1. The van der Waals surface area contributed by atoms with Crippen LogP contribution in [-0.2, 0) is 0 Å². The van der Waals surface area contributed by atoms with Crippen LogP contribution in [0.5, 0.6) is 5.75 Å². The van der Waals surface area contributed by atoms with Crippen LogP contribution in [0.3, 0.4) is 0 Å². The second-order valence-electron chi connectivity index (χ2n) is 6.43. The van der Waals surface area contributed by atoms with Crippen LogP contribution in [0.15, 0.2) is 41.2 Å². The van der Waals surface area contributed by atoms with Crippen molar-refractivity contribution in [3.8, 4) is 5.75 Å². The number of carbonyl (C=O) groups excluding carboxylic acids is 1. The number of ether oxygens (including phenoxy) is 1. The van der Waals surface area contributed by atoms with Crippen LogP contribution < -0.4 is 10.1 Å². The lowest BCUT2D eigenvalue weighted by atomic mass is 10.1. The van der Waals surface area contributed by atoms with Gasteiger partial charge in [0.15, 0.2) is 0 Å². The van der Waals surface area contributed by atoms with Gasteiger partial charge in [-0.15, -0.1) is 0 Å². The average molecular weight is 343 g/mol. The fourth-order valence-electron chi connectivity index (χ4n) is 2.98. The number of furan rings is 1. The number of hydrogen-bond donors (Lipinski definition) is 1. The summed E-state index contributed by atoms with van der Waals surface area (Å²) in [6.45, 7) is 5.37. The van der Waals surface area contributed by atoms with Gasteiger partial charge >= 0.3 is 0 Å². The Balaban J connectivity index is 1.78. The molecule has 6 heteroatoms. The third kappa shape index (κ3) is 3.96. The lowest BCUT2D eigenvalue weighted by molar-refractivity contribution is 0.0664. The highest BCUT2D eigenvalue weighted by Crippen LogP contribution is 2.30. The second kappa shape index (κ2) is 7.61. The number of likely N-dealkylation sites (N-methyl/N-ethyl adjacent to an activating group) is 1. The van der Waals surface area contributed by atoms with E-state index in [1.54, 1.807) is 19.6 Å². The van der Waals surface area contributed by atoms with Crippen LogP contribution in [0.2, 0.25) is 0 Å². The number of hydrogen-bond acceptors (Lipinski definition) is 5.